The van der Waals surface area contributed by atoms with Crippen LogP contribution in [0.5, 0.6) is 0 Å². The molecule has 2 aliphatic rings. The summed E-state index contributed by atoms with van der Waals surface area (Å²) in [7, 11) is -3.66. The van der Waals surface area contributed by atoms with Gasteiger partial charge in [-0.05, 0) is 63.1 Å². The van der Waals surface area contributed by atoms with E-state index in [0.29, 0.717) is 31.9 Å². The lowest BCUT2D eigenvalue weighted by Crippen LogP contribution is -2.40. The van der Waals surface area contributed by atoms with Gasteiger partial charge in [0.25, 0.3) is 5.91 Å². The van der Waals surface area contributed by atoms with Crippen molar-refractivity contribution in [2.24, 2.45) is 5.10 Å². The number of hydrogen-bond acceptors (Lipinski definition) is 7. The number of aromatic nitrogens is 2. The number of anilines is 1. The Labute approximate surface area is 223 Å². The Bertz CT molecular complexity index is 1440. The van der Waals surface area contributed by atoms with E-state index in [1.807, 2.05) is 26.0 Å². The Hall–Kier alpha value is -3.54. The van der Waals surface area contributed by atoms with Crippen LogP contribution in [-0.4, -0.2) is 73.8 Å². The average molecular weight is 537 g/mol. The van der Waals surface area contributed by atoms with Crippen LogP contribution in [0.1, 0.15) is 40.2 Å². The average Bonchev–Trinajstić information content (AvgIpc) is 3.57. The summed E-state index contributed by atoms with van der Waals surface area (Å²) in [6, 6.07) is 10.8. The quantitative estimate of drug-likeness (QED) is 0.367. The van der Waals surface area contributed by atoms with Gasteiger partial charge in [-0.3, -0.25) is 9.78 Å². The van der Waals surface area contributed by atoms with Crippen molar-refractivity contribution in [1.82, 2.24) is 19.3 Å². The fourth-order valence-electron chi connectivity index (χ4n) is 5.02. The molecule has 1 amide bonds. The van der Waals surface area contributed by atoms with E-state index in [-0.39, 0.29) is 10.8 Å². The van der Waals surface area contributed by atoms with Crippen LogP contribution in [0.25, 0.3) is 5.69 Å². The predicted molar refractivity (Wildman–Crippen MR) is 146 cm³/mol. The van der Waals surface area contributed by atoms with Crippen LogP contribution in [0.4, 0.5) is 5.69 Å². The fraction of sp³-hybridized carbons (Fsp3) is 0.370. The predicted octanol–water partition coefficient (Wildman–Crippen LogP) is 2.87. The summed E-state index contributed by atoms with van der Waals surface area (Å²) in [6.07, 6.45) is 6.90. The second kappa shape index (κ2) is 11.1. The summed E-state index contributed by atoms with van der Waals surface area (Å²) in [4.78, 5) is 18.9. The molecule has 0 bridgehead atoms. The molecule has 5 rings (SSSR count). The Morgan fingerprint density at radius 1 is 1.05 bits per heavy atom. The van der Waals surface area contributed by atoms with Crippen molar-refractivity contribution in [2.75, 3.05) is 44.3 Å². The van der Waals surface area contributed by atoms with Gasteiger partial charge in [0.05, 0.1) is 41.3 Å². The molecule has 0 radical (unpaired) electrons. The molecule has 3 aromatic rings. The molecule has 0 unspecified atom stereocenters. The van der Waals surface area contributed by atoms with Gasteiger partial charge in [0, 0.05) is 55.5 Å². The van der Waals surface area contributed by atoms with Gasteiger partial charge in [0.15, 0.2) is 0 Å². The Morgan fingerprint density at radius 3 is 2.53 bits per heavy atom. The Kier molecular flexibility index (Phi) is 7.59. The van der Waals surface area contributed by atoms with Crippen LogP contribution < -0.4 is 10.3 Å². The normalized spacial score (nSPS) is 16.8. The number of aryl methyl sites for hydroxylation is 1. The van der Waals surface area contributed by atoms with E-state index in [0.717, 1.165) is 54.3 Å². The maximum atomic E-state index is 13.5. The van der Waals surface area contributed by atoms with E-state index in [2.05, 4.69) is 25.0 Å². The van der Waals surface area contributed by atoms with Crippen molar-refractivity contribution in [2.45, 2.75) is 31.6 Å². The summed E-state index contributed by atoms with van der Waals surface area (Å²) in [5.74, 6) is -0.347. The minimum atomic E-state index is -3.66. The molecule has 0 aliphatic carbocycles. The second-order valence-corrected chi connectivity index (χ2v) is 11.4. The molecule has 2 fully saturated rings. The van der Waals surface area contributed by atoms with Crippen LogP contribution in [0.3, 0.4) is 0 Å². The van der Waals surface area contributed by atoms with Gasteiger partial charge in [-0.1, -0.05) is 0 Å². The molecule has 0 atom stereocenters. The number of rotatable bonds is 7. The zero-order chi connectivity index (χ0) is 26.7. The molecule has 10 nitrogen and oxygen atoms in total. The van der Waals surface area contributed by atoms with Crippen molar-refractivity contribution in [3.8, 4) is 5.69 Å². The number of carbonyl (C=O) groups is 1. The number of hydrogen-bond donors (Lipinski definition) is 1. The van der Waals surface area contributed by atoms with E-state index in [9.17, 15) is 13.2 Å². The molecule has 2 saturated heterocycles. The van der Waals surface area contributed by atoms with Crippen molar-refractivity contribution >= 4 is 27.8 Å². The van der Waals surface area contributed by atoms with Gasteiger partial charge < -0.3 is 14.2 Å². The zero-order valence-corrected chi connectivity index (χ0v) is 22.4. The van der Waals surface area contributed by atoms with Crippen molar-refractivity contribution in [3.05, 3.63) is 71.3 Å². The molecule has 4 heterocycles. The monoisotopic (exact) mass is 536 g/mol. The molecule has 200 valence electrons. The number of nitrogens with zero attached hydrogens (tertiary/aromatic N) is 5. The van der Waals surface area contributed by atoms with E-state index in [1.54, 1.807) is 36.7 Å². The molecule has 11 heteroatoms. The largest absolute Gasteiger partial charge is 0.379 e. The summed E-state index contributed by atoms with van der Waals surface area (Å²) in [6.45, 7) is 7.29. The van der Waals surface area contributed by atoms with Gasteiger partial charge in [-0.2, -0.15) is 9.41 Å². The minimum absolute atomic E-state index is 0.267. The van der Waals surface area contributed by atoms with Crippen molar-refractivity contribution in [1.29, 1.82) is 0 Å². The molecular weight excluding hydrogens is 504 g/mol. The maximum Gasteiger partial charge on any atom is 0.272 e. The first-order valence-electron chi connectivity index (χ1n) is 12.8. The number of sulfonamides is 1. The summed E-state index contributed by atoms with van der Waals surface area (Å²) >= 11 is 0. The van der Waals surface area contributed by atoms with Crippen molar-refractivity contribution in [3.63, 3.8) is 0 Å². The molecule has 1 N–H and O–H groups in total. The number of morpholine rings is 1. The van der Waals surface area contributed by atoms with E-state index in [4.69, 9.17) is 4.74 Å². The van der Waals surface area contributed by atoms with Gasteiger partial charge in [-0.25, -0.2) is 13.8 Å². The van der Waals surface area contributed by atoms with Gasteiger partial charge in [-0.15, -0.1) is 0 Å². The van der Waals surface area contributed by atoms with Crippen LogP contribution in [-0.2, 0) is 14.8 Å². The number of hydrazone groups is 1. The lowest BCUT2D eigenvalue weighted by molar-refractivity contribution is 0.0730. The first-order chi connectivity index (χ1) is 18.4. The molecule has 2 aromatic heterocycles. The molecule has 0 spiro atoms. The van der Waals surface area contributed by atoms with Gasteiger partial charge >= 0.3 is 0 Å². The van der Waals surface area contributed by atoms with E-state index < -0.39 is 10.0 Å². The highest BCUT2D eigenvalue weighted by atomic mass is 32.2. The summed E-state index contributed by atoms with van der Waals surface area (Å²) < 4.78 is 35.9. The van der Waals surface area contributed by atoms with Crippen LogP contribution >= 0.6 is 0 Å². The van der Waals surface area contributed by atoms with Crippen molar-refractivity contribution < 1.29 is 17.9 Å². The highest BCUT2D eigenvalue weighted by Crippen LogP contribution is 2.34. The Morgan fingerprint density at radius 2 is 1.82 bits per heavy atom. The third-order valence-electron chi connectivity index (χ3n) is 7.01. The van der Waals surface area contributed by atoms with Gasteiger partial charge in [0.1, 0.15) is 0 Å². The second-order valence-electron chi connectivity index (χ2n) is 9.46. The lowest BCUT2D eigenvalue weighted by atomic mass is 10.2. The first kappa shape index (κ1) is 26.1. The molecule has 0 saturated carbocycles. The zero-order valence-electron chi connectivity index (χ0n) is 21.6. The SMILES string of the molecule is Cc1cc(/C=N\NC(=O)c2cccnc2)c(C)n1-c1cc(S(=O)(=O)N2CCOCC2)ccc1N1CCCC1. The maximum absolute atomic E-state index is 13.5. The first-order valence-corrected chi connectivity index (χ1v) is 14.2. The van der Waals surface area contributed by atoms with E-state index >= 15 is 0 Å². The smallest absolute Gasteiger partial charge is 0.272 e. The topological polar surface area (TPSA) is 109 Å². The van der Waals surface area contributed by atoms with E-state index in [1.165, 1.54) is 10.5 Å². The van der Waals surface area contributed by atoms with Crippen LogP contribution in [0.15, 0.2) is 58.8 Å². The minimum Gasteiger partial charge on any atom is -0.379 e. The number of pyridine rings is 1. The Balaban J connectivity index is 1.50. The van der Waals surface area contributed by atoms with Gasteiger partial charge in [0.2, 0.25) is 10.0 Å². The summed E-state index contributed by atoms with van der Waals surface area (Å²) in [5.41, 5.74) is 7.42. The fourth-order valence-corrected chi connectivity index (χ4v) is 6.44. The molecular formula is C27H32N6O4S. The number of ether oxygens (including phenoxy) is 1. The standard InChI is InChI=1S/C27H32N6O4S/c1-20-16-23(19-29-30-27(34)22-6-5-9-28-18-22)21(2)33(20)26-17-24(7-8-25(26)31-10-3-4-11-31)38(35,36)32-12-14-37-15-13-32/h5-9,16-19H,3-4,10-15H2,1-2H3,(H,30,34)/b29-19-. The number of amides is 1. The molecule has 38 heavy (non-hydrogen) atoms. The third-order valence-corrected chi connectivity index (χ3v) is 8.90. The summed E-state index contributed by atoms with van der Waals surface area (Å²) in [5, 5.41) is 4.15. The molecule has 1 aromatic carbocycles. The lowest BCUT2D eigenvalue weighted by Gasteiger charge is -2.28. The highest BCUT2D eigenvalue weighted by molar-refractivity contribution is 7.89. The van der Waals surface area contributed by atoms with Crippen LogP contribution in [0, 0.1) is 13.8 Å². The number of benzene rings is 1. The molecule has 2 aliphatic heterocycles. The number of carbonyl (C=O) groups excluding carboxylic acids is 1. The van der Waals surface area contributed by atoms with Crippen LogP contribution in [0.2, 0.25) is 0 Å². The highest BCUT2D eigenvalue weighted by Gasteiger charge is 2.28. The third kappa shape index (κ3) is 5.22. The number of nitrogens with one attached hydrogen (secondary N) is 1.